The molecule has 1 saturated heterocycles. The maximum atomic E-state index is 13.0. The monoisotopic (exact) mass is 360 g/mol. The Morgan fingerprint density at radius 2 is 2.04 bits per heavy atom. The van der Waals surface area contributed by atoms with Gasteiger partial charge in [0.15, 0.2) is 5.82 Å². The smallest absolute Gasteiger partial charge is 0.317 e. The number of rotatable bonds is 3. The van der Waals surface area contributed by atoms with E-state index in [4.69, 9.17) is 11.5 Å². The van der Waals surface area contributed by atoms with Crippen molar-refractivity contribution in [2.24, 2.45) is 11.5 Å². The van der Waals surface area contributed by atoms with E-state index in [1.807, 2.05) is 0 Å². The summed E-state index contributed by atoms with van der Waals surface area (Å²) < 4.78 is 0. The van der Waals surface area contributed by atoms with Crippen molar-refractivity contribution in [1.82, 2.24) is 14.9 Å². The number of anilines is 1. The van der Waals surface area contributed by atoms with Crippen molar-refractivity contribution in [2.75, 3.05) is 18.4 Å². The van der Waals surface area contributed by atoms with Gasteiger partial charge in [-0.1, -0.05) is 6.42 Å². The first-order valence-electron chi connectivity index (χ1n) is 8.07. The molecule has 132 valence electrons. The first-order chi connectivity index (χ1) is 12.0. The molecule has 3 heterocycles. The highest BCUT2D eigenvalue weighted by molar-refractivity contribution is 7.20. The van der Waals surface area contributed by atoms with E-state index in [0.29, 0.717) is 34.4 Å². The second-order valence-corrected chi connectivity index (χ2v) is 6.97. The Hall–Kier alpha value is -2.52. The summed E-state index contributed by atoms with van der Waals surface area (Å²) in [6.45, 7) is 1.15. The van der Waals surface area contributed by atoms with Gasteiger partial charge in [0, 0.05) is 31.5 Å². The van der Waals surface area contributed by atoms with Crippen LogP contribution < -0.4 is 16.8 Å². The number of aromatic nitrogens is 2. The normalized spacial score (nSPS) is 17.8. The van der Waals surface area contributed by atoms with Gasteiger partial charge in [0.1, 0.15) is 5.00 Å². The van der Waals surface area contributed by atoms with Gasteiger partial charge in [-0.25, -0.2) is 14.8 Å². The number of carbonyl (C=O) groups is 2. The van der Waals surface area contributed by atoms with Crippen molar-refractivity contribution in [2.45, 2.75) is 25.3 Å². The fraction of sp³-hybridized carbons (Fsp3) is 0.375. The molecule has 0 aromatic carbocycles. The van der Waals surface area contributed by atoms with Gasteiger partial charge in [0.25, 0.3) is 5.91 Å². The number of amides is 3. The highest BCUT2D eigenvalue weighted by atomic mass is 32.1. The SMILES string of the molecule is NC(=O)Nc1sc(-c2ncccn2)cc1C(=O)N1CCCCC(N)C1. The number of carbonyl (C=O) groups excluding carboxylic acids is 2. The summed E-state index contributed by atoms with van der Waals surface area (Å²) in [4.78, 5) is 35.1. The molecule has 1 unspecified atom stereocenters. The molecule has 25 heavy (non-hydrogen) atoms. The fourth-order valence-electron chi connectivity index (χ4n) is 2.82. The molecule has 1 aliphatic rings. The summed E-state index contributed by atoms with van der Waals surface area (Å²) >= 11 is 1.22. The number of hydrogen-bond acceptors (Lipinski definition) is 6. The summed E-state index contributed by atoms with van der Waals surface area (Å²) in [6, 6.07) is 2.66. The number of urea groups is 1. The molecule has 3 rings (SSSR count). The first-order valence-corrected chi connectivity index (χ1v) is 8.89. The van der Waals surface area contributed by atoms with Crippen LogP contribution in [0.3, 0.4) is 0 Å². The third kappa shape index (κ3) is 4.12. The number of thiophene rings is 1. The van der Waals surface area contributed by atoms with Crippen molar-refractivity contribution < 1.29 is 9.59 Å². The van der Waals surface area contributed by atoms with Crippen LogP contribution in [0, 0.1) is 0 Å². The predicted octanol–water partition coefficient (Wildman–Crippen LogP) is 1.65. The lowest BCUT2D eigenvalue weighted by Crippen LogP contribution is -2.39. The van der Waals surface area contributed by atoms with E-state index < -0.39 is 6.03 Å². The Labute approximate surface area is 149 Å². The molecule has 3 amide bonds. The largest absolute Gasteiger partial charge is 0.351 e. The van der Waals surface area contributed by atoms with Gasteiger partial charge < -0.3 is 16.4 Å². The number of nitrogens with one attached hydrogen (secondary N) is 1. The molecule has 1 atom stereocenters. The zero-order chi connectivity index (χ0) is 17.8. The van der Waals surface area contributed by atoms with E-state index in [1.54, 1.807) is 29.4 Å². The van der Waals surface area contributed by atoms with Gasteiger partial charge in [-0.2, -0.15) is 0 Å². The van der Waals surface area contributed by atoms with Crippen LogP contribution in [0.15, 0.2) is 24.5 Å². The van der Waals surface area contributed by atoms with Gasteiger partial charge in [-0.15, -0.1) is 11.3 Å². The van der Waals surface area contributed by atoms with Gasteiger partial charge in [-0.3, -0.25) is 10.1 Å². The molecule has 2 aromatic rings. The molecule has 8 nitrogen and oxygen atoms in total. The second kappa shape index (κ2) is 7.58. The zero-order valence-corrected chi connectivity index (χ0v) is 14.5. The zero-order valence-electron chi connectivity index (χ0n) is 13.6. The van der Waals surface area contributed by atoms with Crippen LogP contribution in [0.5, 0.6) is 0 Å². The van der Waals surface area contributed by atoms with E-state index in [1.165, 1.54) is 11.3 Å². The molecule has 0 aliphatic carbocycles. The Balaban J connectivity index is 1.94. The third-order valence-electron chi connectivity index (χ3n) is 3.98. The number of likely N-dealkylation sites (tertiary alicyclic amines) is 1. The molecule has 0 bridgehead atoms. The van der Waals surface area contributed by atoms with Crippen molar-refractivity contribution in [1.29, 1.82) is 0 Å². The Morgan fingerprint density at radius 1 is 1.28 bits per heavy atom. The number of nitrogens with zero attached hydrogens (tertiary/aromatic N) is 3. The molecule has 0 spiro atoms. The third-order valence-corrected chi connectivity index (χ3v) is 5.03. The van der Waals surface area contributed by atoms with Crippen molar-refractivity contribution in [3.63, 3.8) is 0 Å². The second-order valence-electron chi connectivity index (χ2n) is 5.92. The minimum Gasteiger partial charge on any atom is -0.351 e. The summed E-state index contributed by atoms with van der Waals surface area (Å²) in [7, 11) is 0. The standard InChI is InChI=1S/C16H20N6O2S/c17-10-4-1-2-7-22(9-10)15(23)11-8-12(13-19-5-3-6-20-13)25-14(11)21-16(18)24/h3,5-6,8,10H,1-2,4,7,9,17H2,(H3,18,21,24). The van der Waals surface area contributed by atoms with Crippen molar-refractivity contribution in [3.05, 3.63) is 30.1 Å². The molecular formula is C16H20N6O2S. The van der Waals surface area contributed by atoms with E-state index >= 15 is 0 Å². The van der Waals surface area contributed by atoms with E-state index in [9.17, 15) is 9.59 Å². The quantitative estimate of drug-likeness (QED) is 0.767. The van der Waals surface area contributed by atoms with E-state index in [-0.39, 0.29) is 11.9 Å². The average molecular weight is 360 g/mol. The lowest BCUT2D eigenvalue weighted by atomic mass is 10.1. The minimum absolute atomic E-state index is 0.0328. The van der Waals surface area contributed by atoms with E-state index in [0.717, 1.165) is 19.3 Å². The van der Waals surface area contributed by atoms with Crippen LogP contribution in [0.1, 0.15) is 29.6 Å². The molecule has 5 N–H and O–H groups in total. The summed E-state index contributed by atoms with van der Waals surface area (Å²) in [5.41, 5.74) is 11.7. The van der Waals surface area contributed by atoms with Crippen molar-refractivity contribution >= 4 is 28.3 Å². The number of primary amides is 1. The molecule has 0 saturated carbocycles. The van der Waals surface area contributed by atoms with E-state index in [2.05, 4.69) is 15.3 Å². The highest BCUT2D eigenvalue weighted by Gasteiger charge is 2.26. The van der Waals surface area contributed by atoms with Gasteiger partial charge in [-0.05, 0) is 25.0 Å². The first kappa shape index (κ1) is 17.3. The van der Waals surface area contributed by atoms with Gasteiger partial charge >= 0.3 is 6.03 Å². The molecule has 9 heteroatoms. The Bertz CT molecular complexity index is 763. The number of hydrogen-bond donors (Lipinski definition) is 3. The van der Waals surface area contributed by atoms with Gasteiger partial charge in [0.05, 0.1) is 10.4 Å². The lowest BCUT2D eigenvalue weighted by molar-refractivity contribution is 0.0756. The Kier molecular flexibility index (Phi) is 5.25. The number of nitrogens with two attached hydrogens (primary N) is 2. The maximum absolute atomic E-state index is 13.0. The Morgan fingerprint density at radius 3 is 2.76 bits per heavy atom. The summed E-state index contributed by atoms with van der Waals surface area (Å²) in [6.07, 6.45) is 6.07. The molecule has 2 aromatic heterocycles. The predicted molar refractivity (Wildman–Crippen MR) is 96.3 cm³/mol. The molecule has 1 aliphatic heterocycles. The van der Waals surface area contributed by atoms with Crippen LogP contribution in [0.4, 0.5) is 9.80 Å². The molecule has 0 radical (unpaired) electrons. The highest BCUT2D eigenvalue weighted by Crippen LogP contribution is 2.34. The summed E-state index contributed by atoms with van der Waals surface area (Å²) in [5.74, 6) is 0.325. The fourth-order valence-corrected chi connectivity index (χ4v) is 3.82. The molecule has 1 fully saturated rings. The van der Waals surface area contributed by atoms with Crippen LogP contribution in [-0.2, 0) is 0 Å². The van der Waals surface area contributed by atoms with Crippen LogP contribution >= 0.6 is 11.3 Å². The summed E-state index contributed by atoms with van der Waals surface area (Å²) in [5, 5.41) is 2.93. The minimum atomic E-state index is -0.719. The van der Waals surface area contributed by atoms with Crippen LogP contribution in [-0.4, -0.2) is 45.9 Å². The molecular weight excluding hydrogens is 340 g/mol. The topological polar surface area (TPSA) is 127 Å². The van der Waals surface area contributed by atoms with Crippen LogP contribution in [0.2, 0.25) is 0 Å². The van der Waals surface area contributed by atoms with Crippen molar-refractivity contribution in [3.8, 4) is 10.7 Å². The van der Waals surface area contributed by atoms with Gasteiger partial charge in [0.2, 0.25) is 0 Å². The average Bonchev–Trinajstić information content (AvgIpc) is 2.87. The van der Waals surface area contributed by atoms with Crippen LogP contribution in [0.25, 0.3) is 10.7 Å². The lowest BCUT2D eigenvalue weighted by Gasteiger charge is -2.22. The maximum Gasteiger partial charge on any atom is 0.317 e.